The van der Waals surface area contributed by atoms with E-state index in [0.29, 0.717) is 26.3 Å². The van der Waals surface area contributed by atoms with Gasteiger partial charge in [0, 0.05) is 51.0 Å². The fourth-order valence-electron chi connectivity index (χ4n) is 2.51. The number of likely N-dealkylation sites (N-methyl/N-ethyl adjacent to an activating group) is 1. The molecular formula is C15H25N3O4. The highest BCUT2D eigenvalue weighted by molar-refractivity contribution is 5.20. The number of nitrogens with zero attached hydrogens (tertiary/aromatic N) is 3. The van der Waals surface area contributed by atoms with Gasteiger partial charge in [0.2, 0.25) is 5.43 Å². The highest BCUT2D eigenvalue weighted by atomic mass is 16.5. The van der Waals surface area contributed by atoms with E-state index in [-0.39, 0.29) is 17.8 Å². The third-order valence-electron chi connectivity index (χ3n) is 3.89. The molecule has 1 aromatic heterocycles. The average molecular weight is 311 g/mol. The Hall–Kier alpha value is -1.41. The van der Waals surface area contributed by atoms with Crippen LogP contribution in [0.15, 0.2) is 17.1 Å². The molecule has 2 heterocycles. The number of aliphatic hydroxyl groups excluding tert-OH is 1. The second-order valence-electron chi connectivity index (χ2n) is 5.62. The van der Waals surface area contributed by atoms with E-state index >= 15 is 0 Å². The van der Waals surface area contributed by atoms with E-state index in [0.717, 1.165) is 31.9 Å². The van der Waals surface area contributed by atoms with Gasteiger partial charge in [-0.3, -0.25) is 9.69 Å². The normalized spacial score (nSPS) is 17.0. The van der Waals surface area contributed by atoms with Crippen molar-refractivity contribution in [3.8, 4) is 5.75 Å². The van der Waals surface area contributed by atoms with Crippen molar-refractivity contribution in [2.75, 3.05) is 53.0 Å². The average Bonchev–Trinajstić information content (AvgIpc) is 2.50. The maximum atomic E-state index is 11.7. The Bertz CT molecular complexity index is 524. The topological polar surface area (TPSA) is 78.2 Å². The number of hydrogen-bond acceptors (Lipinski definition) is 6. The van der Waals surface area contributed by atoms with Crippen molar-refractivity contribution >= 4 is 0 Å². The van der Waals surface area contributed by atoms with Gasteiger partial charge in [-0.15, -0.1) is 0 Å². The molecule has 0 bridgehead atoms. The highest BCUT2D eigenvalue weighted by Gasteiger charge is 2.16. The first-order chi connectivity index (χ1) is 10.6. The molecule has 2 N–H and O–H groups in total. The molecule has 1 saturated heterocycles. The monoisotopic (exact) mass is 311 g/mol. The SMILES string of the molecule is CN1CCN(Cc2cc(=O)c(O)cn2CCOCCO)CC1. The van der Waals surface area contributed by atoms with Crippen LogP contribution in [0.2, 0.25) is 0 Å². The maximum Gasteiger partial charge on any atom is 0.223 e. The van der Waals surface area contributed by atoms with Crippen LogP contribution < -0.4 is 5.43 Å². The first kappa shape index (κ1) is 17.0. The molecular weight excluding hydrogens is 286 g/mol. The van der Waals surface area contributed by atoms with Gasteiger partial charge >= 0.3 is 0 Å². The van der Waals surface area contributed by atoms with Gasteiger partial charge in [-0.2, -0.15) is 0 Å². The van der Waals surface area contributed by atoms with Gasteiger partial charge in [0.05, 0.1) is 26.0 Å². The Kier molecular flexibility index (Phi) is 6.38. The fraction of sp³-hybridized carbons (Fsp3) is 0.667. The molecule has 0 saturated carbocycles. The van der Waals surface area contributed by atoms with Crippen molar-refractivity contribution in [3.05, 3.63) is 28.2 Å². The van der Waals surface area contributed by atoms with Gasteiger partial charge in [0.1, 0.15) is 0 Å². The lowest BCUT2D eigenvalue weighted by atomic mass is 10.2. The number of ether oxygens (including phenoxy) is 1. The molecule has 1 aliphatic rings. The summed E-state index contributed by atoms with van der Waals surface area (Å²) in [5.74, 6) is -0.246. The lowest BCUT2D eigenvalue weighted by molar-refractivity contribution is 0.0855. The summed E-state index contributed by atoms with van der Waals surface area (Å²) in [5, 5.41) is 18.3. The van der Waals surface area contributed by atoms with Crippen LogP contribution in [-0.2, 0) is 17.8 Å². The second kappa shape index (κ2) is 8.28. The molecule has 2 rings (SSSR count). The number of aromatic nitrogens is 1. The van der Waals surface area contributed by atoms with Gasteiger partial charge in [-0.25, -0.2) is 0 Å². The Morgan fingerprint density at radius 2 is 1.95 bits per heavy atom. The molecule has 0 radical (unpaired) electrons. The van der Waals surface area contributed by atoms with E-state index in [1.807, 2.05) is 4.57 Å². The van der Waals surface area contributed by atoms with Crippen molar-refractivity contribution in [1.29, 1.82) is 0 Å². The van der Waals surface area contributed by atoms with Gasteiger partial charge in [-0.05, 0) is 7.05 Å². The summed E-state index contributed by atoms with van der Waals surface area (Å²) in [5.41, 5.74) is 0.525. The highest BCUT2D eigenvalue weighted by Crippen LogP contribution is 2.10. The number of pyridine rings is 1. The lowest BCUT2D eigenvalue weighted by Gasteiger charge is -2.32. The standard InChI is InChI=1S/C15H25N3O4/c1-16-2-4-17(5-3-16)11-13-10-14(20)15(21)12-18(13)6-8-22-9-7-19/h10,12,19,21H,2-9,11H2,1H3. The molecule has 0 atom stereocenters. The van der Waals surface area contributed by atoms with Gasteiger partial charge < -0.3 is 24.4 Å². The van der Waals surface area contributed by atoms with E-state index in [4.69, 9.17) is 9.84 Å². The summed E-state index contributed by atoms with van der Waals surface area (Å²) in [7, 11) is 2.10. The lowest BCUT2D eigenvalue weighted by Crippen LogP contribution is -2.44. The quantitative estimate of drug-likeness (QED) is 0.649. The molecule has 1 aromatic rings. The van der Waals surface area contributed by atoms with Crippen LogP contribution in [0.25, 0.3) is 0 Å². The zero-order chi connectivity index (χ0) is 15.9. The van der Waals surface area contributed by atoms with Crippen LogP contribution in [0, 0.1) is 0 Å². The zero-order valence-electron chi connectivity index (χ0n) is 13.1. The number of piperazine rings is 1. The van der Waals surface area contributed by atoms with Crippen molar-refractivity contribution < 1.29 is 14.9 Å². The number of aromatic hydroxyl groups is 1. The molecule has 0 aromatic carbocycles. The third-order valence-corrected chi connectivity index (χ3v) is 3.89. The summed E-state index contributed by atoms with van der Waals surface area (Å²) in [6.45, 7) is 5.89. The Morgan fingerprint density at radius 1 is 1.23 bits per heavy atom. The molecule has 0 aliphatic carbocycles. The predicted molar refractivity (Wildman–Crippen MR) is 83.0 cm³/mol. The minimum atomic E-state index is -0.350. The summed E-state index contributed by atoms with van der Waals surface area (Å²) in [6, 6.07) is 1.50. The van der Waals surface area contributed by atoms with Crippen molar-refractivity contribution in [1.82, 2.24) is 14.4 Å². The van der Waals surface area contributed by atoms with Gasteiger partial charge in [0.15, 0.2) is 5.75 Å². The van der Waals surface area contributed by atoms with E-state index in [1.54, 1.807) is 0 Å². The zero-order valence-corrected chi connectivity index (χ0v) is 13.1. The van der Waals surface area contributed by atoms with Gasteiger partial charge in [0.25, 0.3) is 0 Å². The molecule has 1 aliphatic heterocycles. The largest absolute Gasteiger partial charge is 0.503 e. The summed E-state index contributed by atoms with van der Waals surface area (Å²) in [4.78, 5) is 16.3. The summed E-state index contributed by atoms with van der Waals surface area (Å²) in [6.07, 6.45) is 1.47. The molecule has 22 heavy (non-hydrogen) atoms. The third kappa shape index (κ3) is 4.81. The van der Waals surface area contributed by atoms with Crippen LogP contribution >= 0.6 is 0 Å². The predicted octanol–water partition coefficient (Wildman–Crippen LogP) is -0.690. The van der Waals surface area contributed by atoms with E-state index in [2.05, 4.69) is 16.8 Å². The van der Waals surface area contributed by atoms with Crippen LogP contribution in [0.1, 0.15) is 5.69 Å². The molecule has 0 amide bonds. The van der Waals surface area contributed by atoms with Crippen molar-refractivity contribution in [3.63, 3.8) is 0 Å². The van der Waals surface area contributed by atoms with Crippen LogP contribution in [0.5, 0.6) is 5.75 Å². The minimum Gasteiger partial charge on any atom is -0.503 e. The van der Waals surface area contributed by atoms with E-state index < -0.39 is 0 Å². The van der Waals surface area contributed by atoms with E-state index in [9.17, 15) is 9.90 Å². The number of hydrogen-bond donors (Lipinski definition) is 2. The van der Waals surface area contributed by atoms with Crippen molar-refractivity contribution in [2.24, 2.45) is 0 Å². The first-order valence-electron chi connectivity index (χ1n) is 7.62. The second-order valence-corrected chi connectivity index (χ2v) is 5.62. The Balaban J connectivity index is 2.04. The molecule has 7 nitrogen and oxygen atoms in total. The molecule has 7 heteroatoms. The van der Waals surface area contributed by atoms with Crippen LogP contribution in [-0.4, -0.2) is 77.6 Å². The van der Waals surface area contributed by atoms with Crippen LogP contribution in [0.4, 0.5) is 0 Å². The maximum absolute atomic E-state index is 11.7. The number of rotatable bonds is 7. The Labute approximate surface area is 130 Å². The molecule has 124 valence electrons. The molecule has 1 fully saturated rings. The van der Waals surface area contributed by atoms with Crippen LogP contribution in [0.3, 0.4) is 0 Å². The molecule has 0 spiro atoms. The van der Waals surface area contributed by atoms with E-state index in [1.165, 1.54) is 12.3 Å². The summed E-state index contributed by atoms with van der Waals surface area (Å²) >= 11 is 0. The smallest absolute Gasteiger partial charge is 0.223 e. The van der Waals surface area contributed by atoms with Gasteiger partial charge in [-0.1, -0.05) is 0 Å². The molecule has 0 unspecified atom stereocenters. The minimum absolute atomic E-state index is 0.0104. The Morgan fingerprint density at radius 3 is 2.64 bits per heavy atom. The fourth-order valence-corrected chi connectivity index (χ4v) is 2.51. The first-order valence-corrected chi connectivity index (χ1v) is 7.62. The number of aliphatic hydroxyl groups is 1. The summed E-state index contributed by atoms with van der Waals surface area (Å²) < 4.78 is 7.12. The van der Waals surface area contributed by atoms with Crippen molar-refractivity contribution in [2.45, 2.75) is 13.1 Å².